The second-order valence-electron chi connectivity index (χ2n) is 5.04. The van der Waals surface area contributed by atoms with Crippen molar-refractivity contribution in [2.45, 2.75) is 31.1 Å². The minimum atomic E-state index is -3.28. The first-order valence-corrected chi connectivity index (χ1v) is 9.82. The van der Waals surface area contributed by atoms with Crippen molar-refractivity contribution in [1.82, 2.24) is 0 Å². The third kappa shape index (κ3) is 4.46. The Morgan fingerprint density at radius 1 is 1.40 bits per heavy atom. The van der Waals surface area contributed by atoms with Gasteiger partial charge in [-0.2, -0.15) is 11.8 Å². The Morgan fingerprint density at radius 3 is 2.80 bits per heavy atom. The van der Waals surface area contributed by atoms with Gasteiger partial charge in [0.15, 0.2) is 0 Å². The molecule has 0 aliphatic carbocycles. The molecular formula is C13H19ClN2O2S2. The van der Waals surface area contributed by atoms with Gasteiger partial charge in [-0.15, -0.1) is 0 Å². The summed E-state index contributed by atoms with van der Waals surface area (Å²) >= 11 is 8.14. The van der Waals surface area contributed by atoms with Gasteiger partial charge in [0.05, 0.1) is 22.7 Å². The van der Waals surface area contributed by atoms with Gasteiger partial charge in [0.2, 0.25) is 10.0 Å². The molecule has 0 aromatic heterocycles. The van der Waals surface area contributed by atoms with E-state index >= 15 is 0 Å². The van der Waals surface area contributed by atoms with Crippen LogP contribution in [0.5, 0.6) is 0 Å². The van der Waals surface area contributed by atoms with Crippen LogP contribution in [0.2, 0.25) is 5.02 Å². The van der Waals surface area contributed by atoms with Gasteiger partial charge >= 0.3 is 0 Å². The number of nitrogens with one attached hydrogen (secondary N) is 2. The van der Waals surface area contributed by atoms with Crippen LogP contribution in [-0.2, 0) is 10.0 Å². The number of rotatable bonds is 4. The highest BCUT2D eigenvalue weighted by Gasteiger charge is 2.22. The van der Waals surface area contributed by atoms with Crippen molar-refractivity contribution in [1.29, 1.82) is 0 Å². The third-order valence-electron chi connectivity index (χ3n) is 3.22. The van der Waals surface area contributed by atoms with E-state index < -0.39 is 10.0 Å². The molecule has 1 saturated heterocycles. The molecule has 0 spiro atoms. The first-order valence-electron chi connectivity index (χ1n) is 6.50. The van der Waals surface area contributed by atoms with Crippen molar-refractivity contribution in [3.05, 3.63) is 23.2 Å². The lowest BCUT2D eigenvalue weighted by Crippen LogP contribution is -2.32. The monoisotopic (exact) mass is 334 g/mol. The predicted molar refractivity (Wildman–Crippen MR) is 88.5 cm³/mol. The zero-order chi connectivity index (χ0) is 14.8. The maximum absolute atomic E-state index is 11.3. The van der Waals surface area contributed by atoms with Gasteiger partial charge in [0.1, 0.15) is 0 Å². The summed E-state index contributed by atoms with van der Waals surface area (Å²) in [5.41, 5.74) is 1.30. The van der Waals surface area contributed by atoms with Crippen molar-refractivity contribution in [3.8, 4) is 0 Å². The molecule has 1 aliphatic heterocycles. The Morgan fingerprint density at radius 2 is 2.15 bits per heavy atom. The molecule has 1 heterocycles. The van der Waals surface area contributed by atoms with Crippen LogP contribution in [0.4, 0.5) is 11.4 Å². The molecule has 7 heteroatoms. The van der Waals surface area contributed by atoms with Crippen LogP contribution >= 0.6 is 23.4 Å². The Bertz CT molecular complexity index is 578. The van der Waals surface area contributed by atoms with Gasteiger partial charge in [-0.3, -0.25) is 4.72 Å². The first-order chi connectivity index (χ1) is 9.35. The van der Waals surface area contributed by atoms with Gasteiger partial charge in [-0.25, -0.2) is 8.42 Å². The zero-order valence-corrected chi connectivity index (χ0v) is 13.9. The van der Waals surface area contributed by atoms with E-state index in [0.29, 0.717) is 22.0 Å². The lowest BCUT2D eigenvalue weighted by atomic mass is 10.1. The predicted octanol–water partition coefficient (Wildman–Crippen LogP) is 3.41. The first kappa shape index (κ1) is 15.8. The van der Waals surface area contributed by atoms with E-state index in [2.05, 4.69) is 17.0 Å². The molecule has 1 aliphatic rings. The molecule has 1 fully saturated rings. The molecule has 4 nitrogen and oxygen atoms in total. The summed E-state index contributed by atoms with van der Waals surface area (Å²) in [6.07, 6.45) is 3.42. The Hall–Kier alpha value is -0.590. The molecule has 2 N–H and O–H groups in total. The van der Waals surface area contributed by atoms with Gasteiger partial charge in [-0.05, 0) is 36.8 Å². The van der Waals surface area contributed by atoms with Crippen molar-refractivity contribution in [2.24, 2.45) is 0 Å². The minimum absolute atomic E-state index is 0.361. The molecule has 1 aromatic carbocycles. The van der Waals surface area contributed by atoms with Crippen LogP contribution in [0, 0.1) is 0 Å². The number of benzene rings is 1. The number of thioether (sulfide) groups is 1. The van der Waals surface area contributed by atoms with Crippen LogP contribution in [0.25, 0.3) is 0 Å². The van der Waals surface area contributed by atoms with E-state index in [4.69, 9.17) is 11.6 Å². The highest BCUT2D eigenvalue weighted by atomic mass is 35.5. The summed E-state index contributed by atoms with van der Waals surface area (Å²) < 4.78 is 25.0. The van der Waals surface area contributed by atoms with E-state index in [1.807, 2.05) is 11.8 Å². The molecule has 0 amide bonds. The molecule has 20 heavy (non-hydrogen) atoms. The lowest BCUT2D eigenvalue weighted by Gasteiger charge is -2.30. The molecule has 1 aromatic rings. The van der Waals surface area contributed by atoms with Gasteiger partial charge in [0, 0.05) is 11.3 Å². The Kier molecular flexibility index (Phi) is 5.09. The highest BCUT2D eigenvalue weighted by molar-refractivity contribution is 8.00. The van der Waals surface area contributed by atoms with E-state index in [1.165, 1.54) is 12.2 Å². The fraction of sp³-hybridized carbons (Fsp3) is 0.538. The minimum Gasteiger partial charge on any atom is -0.380 e. The van der Waals surface area contributed by atoms with E-state index in [1.54, 1.807) is 18.2 Å². The number of anilines is 2. The summed E-state index contributed by atoms with van der Waals surface area (Å²) in [6, 6.07) is 5.47. The summed E-state index contributed by atoms with van der Waals surface area (Å²) in [5.74, 6) is 1.20. The Balaban J connectivity index is 2.16. The molecular weight excluding hydrogens is 316 g/mol. The standard InChI is InChI=1S/C13H19ClN2O2S2/c1-9-12(4-3-7-19-9)15-13-8-10(5-6-11(13)14)16-20(2,17)18/h5-6,8-9,12,15-16H,3-4,7H2,1-2H3. The van der Waals surface area contributed by atoms with Gasteiger partial charge < -0.3 is 5.32 Å². The van der Waals surface area contributed by atoms with Gasteiger partial charge in [-0.1, -0.05) is 18.5 Å². The second kappa shape index (κ2) is 6.45. The molecule has 2 unspecified atom stereocenters. The topological polar surface area (TPSA) is 58.2 Å². The summed E-state index contributed by atoms with van der Waals surface area (Å²) in [7, 11) is -3.28. The molecule has 0 bridgehead atoms. The van der Waals surface area contributed by atoms with Crippen LogP contribution in [0.15, 0.2) is 18.2 Å². The fourth-order valence-electron chi connectivity index (χ4n) is 2.23. The highest BCUT2D eigenvalue weighted by Crippen LogP contribution is 2.32. The normalized spacial score (nSPS) is 23.4. The van der Waals surface area contributed by atoms with Crippen LogP contribution < -0.4 is 10.0 Å². The maximum Gasteiger partial charge on any atom is 0.229 e. The molecule has 0 radical (unpaired) electrons. The molecule has 112 valence electrons. The number of hydrogen-bond donors (Lipinski definition) is 2. The smallest absolute Gasteiger partial charge is 0.229 e. The lowest BCUT2D eigenvalue weighted by molar-refractivity contribution is 0.607. The molecule has 0 saturated carbocycles. The largest absolute Gasteiger partial charge is 0.380 e. The SMILES string of the molecule is CC1SCCCC1Nc1cc(NS(C)(=O)=O)ccc1Cl. The zero-order valence-electron chi connectivity index (χ0n) is 11.5. The average molecular weight is 335 g/mol. The quantitative estimate of drug-likeness (QED) is 0.886. The van der Waals surface area contributed by atoms with E-state index in [0.717, 1.165) is 18.4 Å². The maximum atomic E-state index is 11.3. The van der Waals surface area contributed by atoms with Gasteiger partial charge in [0.25, 0.3) is 0 Å². The van der Waals surface area contributed by atoms with Crippen molar-refractivity contribution in [2.75, 3.05) is 22.0 Å². The van der Waals surface area contributed by atoms with E-state index in [-0.39, 0.29) is 0 Å². The van der Waals surface area contributed by atoms with Crippen LogP contribution in [-0.4, -0.2) is 31.7 Å². The average Bonchev–Trinajstić information content (AvgIpc) is 2.34. The van der Waals surface area contributed by atoms with Crippen LogP contribution in [0.1, 0.15) is 19.8 Å². The number of hydrogen-bond acceptors (Lipinski definition) is 4. The van der Waals surface area contributed by atoms with E-state index in [9.17, 15) is 8.42 Å². The molecule has 2 rings (SSSR count). The van der Waals surface area contributed by atoms with Crippen molar-refractivity contribution in [3.63, 3.8) is 0 Å². The number of halogens is 1. The summed E-state index contributed by atoms with van der Waals surface area (Å²) in [4.78, 5) is 0. The Labute approximate surface area is 129 Å². The van der Waals surface area contributed by atoms with Crippen molar-refractivity contribution < 1.29 is 8.42 Å². The fourth-order valence-corrected chi connectivity index (χ4v) is 4.09. The molecule has 2 atom stereocenters. The number of sulfonamides is 1. The van der Waals surface area contributed by atoms with Crippen LogP contribution in [0.3, 0.4) is 0 Å². The summed E-state index contributed by atoms with van der Waals surface area (Å²) in [5, 5.41) is 4.56. The third-order valence-corrected chi connectivity index (χ3v) is 5.53. The van der Waals surface area contributed by atoms with Crippen molar-refractivity contribution >= 4 is 44.8 Å². The second-order valence-corrected chi connectivity index (χ2v) is 8.68. The summed E-state index contributed by atoms with van der Waals surface area (Å²) in [6.45, 7) is 2.20.